The maximum atomic E-state index is 12.6. The normalized spacial score (nSPS) is 11.8. The van der Waals surface area contributed by atoms with Crippen molar-refractivity contribution in [2.75, 3.05) is 6.54 Å². The Labute approximate surface area is 124 Å². The van der Waals surface area contributed by atoms with E-state index in [2.05, 4.69) is 0 Å². The van der Waals surface area contributed by atoms with Gasteiger partial charge in [0, 0.05) is 18.1 Å². The molecule has 0 radical (unpaired) electrons. The van der Waals surface area contributed by atoms with Crippen molar-refractivity contribution in [3.63, 3.8) is 0 Å². The van der Waals surface area contributed by atoms with Crippen molar-refractivity contribution >= 4 is 21.6 Å². The van der Waals surface area contributed by atoms with Gasteiger partial charge in [0.1, 0.15) is 0 Å². The fourth-order valence-corrected chi connectivity index (χ4v) is 3.57. The molecule has 0 saturated heterocycles. The summed E-state index contributed by atoms with van der Waals surface area (Å²) in [4.78, 5) is 0.300. The van der Waals surface area contributed by atoms with Crippen molar-refractivity contribution in [3.8, 4) is 0 Å². The van der Waals surface area contributed by atoms with Gasteiger partial charge in [-0.15, -0.1) is 0 Å². The van der Waals surface area contributed by atoms with Crippen LogP contribution in [0.1, 0.15) is 12.5 Å². The molecule has 3 nitrogen and oxygen atoms in total. The Bertz CT molecular complexity index is 671. The summed E-state index contributed by atoms with van der Waals surface area (Å²) in [6, 6.07) is 15.7. The molecule has 0 N–H and O–H groups in total. The largest absolute Gasteiger partial charge is 0.243 e. The van der Waals surface area contributed by atoms with Gasteiger partial charge in [-0.25, -0.2) is 8.42 Å². The Kier molecular flexibility index (Phi) is 4.81. The number of halogens is 1. The average Bonchev–Trinajstić information content (AvgIpc) is 2.47. The molecule has 106 valence electrons. The number of benzene rings is 2. The minimum absolute atomic E-state index is 0.271. The molecule has 0 aliphatic carbocycles. The summed E-state index contributed by atoms with van der Waals surface area (Å²) in [5, 5.41) is 0.578. The van der Waals surface area contributed by atoms with E-state index in [1.165, 1.54) is 4.31 Å². The van der Waals surface area contributed by atoms with E-state index in [0.29, 0.717) is 16.5 Å². The first-order valence-corrected chi connectivity index (χ1v) is 8.16. The first-order valence-electron chi connectivity index (χ1n) is 6.34. The topological polar surface area (TPSA) is 37.4 Å². The molecule has 2 aromatic rings. The quantitative estimate of drug-likeness (QED) is 0.847. The SMILES string of the molecule is CCN(Cc1ccccc1Cl)S(=O)(=O)c1ccccc1. The van der Waals surface area contributed by atoms with Gasteiger partial charge in [-0.05, 0) is 23.8 Å². The van der Waals surface area contributed by atoms with Crippen molar-refractivity contribution in [2.24, 2.45) is 0 Å². The molecule has 0 aromatic heterocycles. The molecule has 0 unspecified atom stereocenters. The Morgan fingerprint density at radius 2 is 1.60 bits per heavy atom. The molecule has 0 amide bonds. The van der Waals surface area contributed by atoms with E-state index >= 15 is 0 Å². The molecule has 5 heteroatoms. The van der Waals surface area contributed by atoms with Gasteiger partial charge in [0.15, 0.2) is 0 Å². The fraction of sp³-hybridized carbons (Fsp3) is 0.200. The molecule has 0 fully saturated rings. The summed E-state index contributed by atoms with van der Waals surface area (Å²) >= 11 is 6.10. The first-order chi connectivity index (χ1) is 9.55. The molecule has 0 bridgehead atoms. The molecule has 2 rings (SSSR count). The Hall–Kier alpha value is -1.36. The molecule has 0 spiro atoms. The standard InChI is InChI=1S/C15H16ClNO2S/c1-2-17(12-13-8-6-7-11-15(13)16)20(18,19)14-9-4-3-5-10-14/h3-11H,2,12H2,1H3. The van der Waals surface area contributed by atoms with Crippen molar-refractivity contribution in [1.82, 2.24) is 4.31 Å². The highest BCUT2D eigenvalue weighted by Crippen LogP contribution is 2.21. The maximum Gasteiger partial charge on any atom is 0.243 e. The molecule has 20 heavy (non-hydrogen) atoms. The summed E-state index contributed by atoms with van der Waals surface area (Å²) in [7, 11) is -3.49. The van der Waals surface area contributed by atoms with Crippen molar-refractivity contribution in [1.29, 1.82) is 0 Å². The summed E-state index contributed by atoms with van der Waals surface area (Å²) in [5.41, 5.74) is 0.801. The lowest BCUT2D eigenvalue weighted by Gasteiger charge is -2.21. The molecule has 2 aromatic carbocycles. The average molecular weight is 310 g/mol. The lowest BCUT2D eigenvalue weighted by Crippen LogP contribution is -2.30. The second-order valence-corrected chi connectivity index (χ2v) is 6.68. The number of hydrogen-bond acceptors (Lipinski definition) is 2. The zero-order chi connectivity index (χ0) is 14.6. The van der Waals surface area contributed by atoms with Crippen LogP contribution >= 0.6 is 11.6 Å². The van der Waals surface area contributed by atoms with Crippen LogP contribution in [0.5, 0.6) is 0 Å². The van der Waals surface area contributed by atoms with E-state index < -0.39 is 10.0 Å². The van der Waals surface area contributed by atoms with Gasteiger partial charge in [0.05, 0.1) is 4.90 Å². The zero-order valence-corrected chi connectivity index (χ0v) is 12.7. The fourth-order valence-electron chi connectivity index (χ4n) is 1.92. The van der Waals surface area contributed by atoms with Crippen LogP contribution in [0.4, 0.5) is 0 Å². The Morgan fingerprint density at radius 1 is 1.00 bits per heavy atom. The van der Waals surface area contributed by atoms with Crippen LogP contribution in [-0.2, 0) is 16.6 Å². The second-order valence-electron chi connectivity index (χ2n) is 4.34. The van der Waals surface area contributed by atoms with Gasteiger partial charge in [0.25, 0.3) is 0 Å². The number of nitrogens with zero attached hydrogens (tertiary/aromatic N) is 1. The molecular formula is C15H16ClNO2S. The number of sulfonamides is 1. The summed E-state index contributed by atoms with van der Waals surface area (Å²) in [6.07, 6.45) is 0. The van der Waals surface area contributed by atoms with Crippen LogP contribution < -0.4 is 0 Å². The number of rotatable bonds is 5. The van der Waals surface area contributed by atoms with Gasteiger partial charge in [-0.3, -0.25) is 0 Å². The van der Waals surface area contributed by atoms with E-state index in [4.69, 9.17) is 11.6 Å². The van der Waals surface area contributed by atoms with Gasteiger partial charge in [-0.2, -0.15) is 4.31 Å². The lowest BCUT2D eigenvalue weighted by molar-refractivity contribution is 0.423. The van der Waals surface area contributed by atoms with Crippen LogP contribution in [0.15, 0.2) is 59.5 Å². The van der Waals surface area contributed by atoms with E-state index in [0.717, 1.165) is 5.56 Å². The highest BCUT2D eigenvalue weighted by atomic mass is 35.5. The van der Waals surface area contributed by atoms with Crippen LogP contribution in [0.3, 0.4) is 0 Å². The van der Waals surface area contributed by atoms with E-state index in [-0.39, 0.29) is 6.54 Å². The predicted octanol–water partition coefficient (Wildman–Crippen LogP) is 3.55. The smallest absolute Gasteiger partial charge is 0.207 e. The first kappa shape index (κ1) is 15.0. The molecule has 0 aliphatic rings. The molecular weight excluding hydrogens is 294 g/mol. The minimum Gasteiger partial charge on any atom is -0.207 e. The Balaban J connectivity index is 2.32. The van der Waals surface area contributed by atoms with E-state index in [9.17, 15) is 8.42 Å². The van der Waals surface area contributed by atoms with Gasteiger partial charge in [0.2, 0.25) is 10.0 Å². The molecule has 0 aliphatic heterocycles. The molecule has 0 heterocycles. The minimum atomic E-state index is -3.49. The highest BCUT2D eigenvalue weighted by molar-refractivity contribution is 7.89. The third-order valence-corrected chi connectivity index (χ3v) is 5.34. The van der Waals surface area contributed by atoms with Gasteiger partial charge >= 0.3 is 0 Å². The van der Waals surface area contributed by atoms with Crippen molar-refractivity contribution < 1.29 is 8.42 Å². The maximum absolute atomic E-state index is 12.6. The summed E-state index contributed by atoms with van der Waals surface area (Å²) in [5.74, 6) is 0. The Morgan fingerprint density at radius 3 is 2.20 bits per heavy atom. The van der Waals surface area contributed by atoms with E-state index in [1.54, 1.807) is 36.4 Å². The van der Waals surface area contributed by atoms with E-state index in [1.807, 2.05) is 25.1 Å². The van der Waals surface area contributed by atoms with Crippen molar-refractivity contribution in [3.05, 3.63) is 65.2 Å². The van der Waals surface area contributed by atoms with Crippen LogP contribution in [0.2, 0.25) is 5.02 Å². The third-order valence-electron chi connectivity index (χ3n) is 3.04. The third kappa shape index (κ3) is 3.20. The van der Waals surface area contributed by atoms with Gasteiger partial charge < -0.3 is 0 Å². The zero-order valence-electron chi connectivity index (χ0n) is 11.2. The second kappa shape index (κ2) is 6.39. The van der Waals surface area contributed by atoms with Crippen LogP contribution in [0.25, 0.3) is 0 Å². The predicted molar refractivity (Wildman–Crippen MR) is 81.2 cm³/mol. The molecule has 0 atom stereocenters. The number of hydrogen-bond donors (Lipinski definition) is 0. The lowest BCUT2D eigenvalue weighted by atomic mass is 10.2. The molecule has 0 saturated carbocycles. The highest BCUT2D eigenvalue weighted by Gasteiger charge is 2.23. The monoisotopic (exact) mass is 309 g/mol. The van der Waals surface area contributed by atoms with Crippen LogP contribution in [0, 0.1) is 0 Å². The van der Waals surface area contributed by atoms with Crippen molar-refractivity contribution in [2.45, 2.75) is 18.4 Å². The van der Waals surface area contributed by atoms with Gasteiger partial charge in [-0.1, -0.05) is 54.9 Å². The summed E-state index contributed by atoms with van der Waals surface area (Å²) < 4.78 is 26.5. The van der Waals surface area contributed by atoms with Crippen LogP contribution in [-0.4, -0.2) is 19.3 Å². The summed E-state index contributed by atoms with van der Waals surface area (Å²) in [6.45, 7) is 2.48.